The molecule has 2 aliphatic heterocycles. The van der Waals surface area contributed by atoms with Crippen molar-refractivity contribution in [3.05, 3.63) is 82.3 Å². The fraction of sp³-hybridized carbons (Fsp3) is 0.320. The Labute approximate surface area is 188 Å². The van der Waals surface area contributed by atoms with Gasteiger partial charge in [-0.25, -0.2) is 0 Å². The van der Waals surface area contributed by atoms with E-state index in [9.17, 15) is 23.1 Å². The number of piperidine rings is 1. The monoisotopic (exact) mass is 457 g/mol. The topological polar surface area (TPSA) is 55.9 Å². The van der Waals surface area contributed by atoms with E-state index in [-0.39, 0.29) is 17.2 Å². The molecule has 172 valence electrons. The van der Waals surface area contributed by atoms with Crippen molar-refractivity contribution < 1.29 is 27.9 Å². The van der Waals surface area contributed by atoms with E-state index >= 15 is 0 Å². The number of halogens is 3. The Bertz CT molecular complexity index is 1220. The minimum atomic E-state index is -4.75. The summed E-state index contributed by atoms with van der Waals surface area (Å²) in [6.45, 7) is 3.17. The lowest BCUT2D eigenvalue weighted by atomic mass is 9.82. The molecule has 5 rings (SSSR count). The standard InChI is InChI=1S/C25H23F3N2O3/c26-25(27,28)33-20-7-5-17(6-8-20)21-9-10-22-19-11-16(13-30(22)24(21)32)12-29(15-19)14-18-3-1-2-4-23(18)31/h1-10,16,19,31H,11-15H2/p+1/t16-,19+/m0/s1. The summed E-state index contributed by atoms with van der Waals surface area (Å²) in [5.74, 6) is 0.607. The maximum Gasteiger partial charge on any atom is 0.573 e. The Morgan fingerprint density at radius 3 is 2.52 bits per heavy atom. The first-order chi connectivity index (χ1) is 15.8. The fourth-order valence-electron chi connectivity index (χ4n) is 5.30. The van der Waals surface area contributed by atoms with Gasteiger partial charge in [-0.2, -0.15) is 0 Å². The highest BCUT2D eigenvalue weighted by atomic mass is 19.4. The van der Waals surface area contributed by atoms with Crippen molar-refractivity contribution in [1.29, 1.82) is 0 Å². The molecule has 2 aromatic carbocycles. The molecule has 0 aliphatic carbocycles. The normalized spacial score (nSPS) is 22.0. The van der Waals surface area contributed by atoms with Crippen LogP contribution < -0.4 is 15.2 Å². The molecule has 1 fully saturated rings. The average Bonchev–Trinajstić information content (AvgIpc) is 2.76. The van der Waals surface area contributed by atoms with Gasteiger partial charge < -0.3 is 19.3 Å². The zero-order chi connectivity index (χ0) is 23.2. The molecule has 33 heavy (non-hydrogen) atoms. The molecule has 2 bridgehead atoms. The van der Waals surface area contributed by atoms with Crippen LogP contribution in [0.25, 0.3) is 11.1 Å². The molecule has 2 N–H and O–H groups in total. The van der Waals surface area contributed by atoms with Crippen molar-refractivity contribution in [2.24, 2.45) is 5.92 Å². The molecular formula is C25H24F3N2O3+. The molecule has 0 amide bonds. The van der Waals surface area contributed by atoms with Crippen LogP contribution in [-0.4, -0.2) is 29.1 Å². The predicted octanol–water partition coefficient (Wildman–Crippen LogP) is 3.32. The van der Waals surface area contributed by atoms with Gasteiger partial charge in [0, 0.05) is 35.2 Å². The van der Waals surface area contributed by atoms with Crippen molar-refractivity contribution in [3.63, 3.8) is 0 Å². The average molecular weight is 457 g/mol. The molecule has 1 saturated heterocycles. The highest BCUT2D eigenvalue weighted by Crippen LogP contribution is 2.32. The Morgan fingerprint density at radius 1 is 1.03 bits per heavy atom. The summed E-state index contributed by atoms with van der Waals surface area (Å²) < 4.78 is 43.0. The first-order valence-corrected chi connectivity index (χ1v) is 11.0. The Hall–Kier alpha value is -3.26. The molecule has 0 saturated carbocycles. The highest BCUT2D eigenvalue weighted by molar-refractivity contribution is 5.63. The number of ether oxygens (including phenoxy) is 1. The van der Waals surface area contributed by atoms with E-state index < -0.39 is 6.36 Å². The van der Waals surface area contributed by atoms with Crippen LogP contribution in [0.5, 0.6) is 11.5 Å². The number of aromatic hydroxyl groups is 1. The number of phenolic OH excluding ortho intramolecular Hbond substituents is 1. The minimum Gasteiger partial charge on any atom is -0.507 e. The summed E-state index contributed by atoms with van der Waals surface area (Å²) in [6.07, 6.45) is -3.72. The first kappa shape index (κ1) is 21.6. The van der Waals surface area contributed by atoms with Crippen LogP contribution in [0.1, 0.15) is 23.6 Å². The van der Waals surface area contributed by atoms with Crippen LogP contribution in [0.15, 0.2) is 65.5 Å². The number of phenols is 1. The zero-order valence-electron chi connectivity index (χ0n) is 17.8. The number of hydrogen-bond acceptors (Lipinski definition) is 3. The minimum absolute atomic E-state index is 0.115. The van der Waals surface area contributed by atoms with E-state index in [1.807, 2.05) is 28.8 Å². The van der Waals surface area contributed by atoms with Gasteiger partial charge in [-0.05, 0) is 48.4 Å². The number of quaternary nitrogens is 1. The SMILES string of the molecule is O=c1c(-c2ccc(OC(F)(F)F)cc2)ccc2n1C[C@H]1C[C@@H]2C[NH+](Cc2ccccc2O)C1. The number of pyridine rings is 1. The van der Waals surface area contributed by atoms with E-state index in [1.165, 1.54) is 29.2 Å². The molecular weight excluding hydrogens is 433 g/mol. The summed E-state index contributed by atoms with van der Waals surface area (Å²) in [5.41, 5.74) is 2.85. The predicted molar refractivity (Wildman–Crippen MR) is 116 cm³/mol. The number of rotatable bonds is 4. The molecule has 8 heteroatoms. The lowest BCUT2D eigenvalue weighted by Crippen LogP contribution is -3.13. The number of likely N-dealkylation sites (tertiary alicyclic amines) is 1. The smallest absolute Gasteiger partial charge is 0.507 e. The molecule has 3 aromatic rings. The number of hydrogen-bond donors (Lipinski definition) is 2. The molecule has 0 radical (unpaired) electrons. The fourth-order valence-corrected chi connectivity index (χ4v) is 5.30. The second-order valence-electron chi connectivity index (χ2n) is 8.92. The van der Waals surface area contributed by atoms with Crippen LogP contribution >= 0.6 is 0 Å². The first-order valence-electron chi connectivity index (χ1n) is 11.0. The van der Waals surface area contributed by atoms with Crippen molar-refractivity contribution in [2.75, 3.05) is 13.1 Å². The van der Waals surface area contributed by atoms with Gasteiger partial charge >= 0.3 is 6.36 Å². The van der Waals surface area contributed by atoms with Gasteiger partial charge in [0.25, 0.3) is 5.56 Å². The van der Waals surface area contributed by atoms with Crippen LogP contribution in [-0.2, 0) is 13.1 Å². The Morgan fingerprint density at radius 2 is 1.79 bits per heavy atom. The van der Waals surface area contributed by atoms with Gasteiger partial charge in [0.1, 0.15) is 18.0 Å². The van der Waals surface area contributed by atoms with Gasteiger partial charge in [0.15, 0.2) is 0 Å². The Kier molecular flexibility index (Phi) is 5.40. The second kappa shape index (κ2) is 8.26. The number of nitrogens with one attached hydrogen (secondary N) is 1. The summed E-state index contributed by atoms with van der Waals surface area (Å²) in [4.78, 5) is 14.7. The molecule has 1 unspecified atom stereocenters. The third kappa shape index (κ3) is 4.48. The lowest BCUT2D eigenvalue weighted by Gasteiger charge is -2.40. The van der Waals surface area contributed by atoms with Gasteiger partial charge in [0.2, 0.25) is 0 Å². The van der Waals surface area contributed by atoms with Crippen LogP contribution in [0.4, 0.5) is 13.2 Å². The zero-order valence-corrected chi connectivity index (χ0v) is 17.8. The summed E-state index contributed by atoms with van der Waals surface area (Å²) in [7, 11) is 0. The van der Waals surface area contributed by atoms with Crippen LogP contribution in [0, 0.1) is 5.92 Å². The Balaban J connectivity index is 1.38. The quantitative estimate of drug-likeness (QED) is 0.632. The molecule has 2 aliphatic rings. The maximum absolute atomic E-state index is 13.3. The van der Waals surface area contributed by atoms with Crippen LogP contribution in [0.2, 0.25) is 0 Å². The van der Waals surface area contributed by atoms with Crippen molar-refractivity contribution in [3.8, 4) is 22.6 Å². The second-order valence-corrected chi connectivity index (χ2v) is 8.92. The van der Waals surface area contributed by atoms with E-state index in [1.54, 1.807) is 12.1 Å². The third-order valence-corrected chi connectivity index (χ3v) is 6.63. The number of alkyl halides is 3. The van der Waals surface area contributed by atoms with E-state index in [2.05, 4.69) is 4.74 Å². The summed E-state index contributed by atoms with van der Waals surface area (Å²) in [6, 6.07) is 16.5. The summed E-state index contributed by atoms with van der Waals surface area (Å²) in [5, 5.41) is 10.1. The largest absolute Gasteiger partial charge is 0.573 e. The lowest BCUT2D eigenvalue weighted by molar-refractivity contribution is -0.924. The van der Waals surface area contributed by atoms with Crippen molar-refractivity contribution in [2.45, 2.75) is 31.8 Å². The molecule has 1 aromatic heterocycles. The van der Waals surface area contributed by atoms with E-state index in [0.29, 0.717) is 29.3 Å². The van der Waals surface area contributed by atoms with E-state index in [4.69, 9.17) is 0 Å². The van der Waals surface area contributed by atoms with Gasteiger partial charge in [-0.15, -0.1) is 13.2 Å². The number of aromatic nitrogens is 1. The van der Waals surface area contributed by atoms with Gasteiger partial charge in [-0.1, -0.05) is 24.3 Å². The van der Waals surface area contributed by atoms with E-state index in [0.717, 1.165) is 37.3 Å². The van der Waals surface area contributed by atoms with Crippen LogP contribution in [0.3, 0.4) is 0 Å². The number of fused-ring (bicyclic) bond motifs is 4. The van der Waals surface area contributed by atoms with Crippen molar-refractivity contribution >= 4 is 0 Å². The summed E-state index contributed by atoms with van der Waals surface area (Å²) >= 11 is 0. The number of nitrogens with zero attached hydrogens (tertiary/aromatic N) is 1. The van der Waals surface area contributed by atoms with Gasteiger partial charge in [-0.3, -0.25) is 4.79 Å². The third-order valence-electron chi connectivity index (χ3n) is 6.63. The van der Waals surface area contributed by atoms with Gasteiger partial charge in [0.05, 0.1) is 13.1 Å². The molecule has 3 atom stereocenters. The maximum atomic E-state index is 13.3. The van der Waals surface area contributed by atoms with Crippen molar-refractivity contribution in [1.82, 2.24) is 4.57 Å². The molecule has 3 heterocycles. The highest BCUT2D eigenvalue weighted by Gasteiger charge is 2.38. The number of benzene rings is 2. The molecule has 5 nitrogen and oxygen atoms in total. The molecule has 0 spiro atoms. The number of para-hydroxylation sites is 1.